The van der Waals surface area contributed by atoms with Crippen molar-refractivity contribution < 1.29 is 66.9 Å². The maximum atomic E-state index is 14.4. The molecule has 4 heterocycles. The van der Waals surface area contributed by atoms with Gasteiger partial charge in [0.1, 0.15) is 24.4 Å². The Labute approximate surface area is 333 Å². The number of nitrogens with zero attached hydrogens (tertiary/aromatic N) is 1. The van der Waals surface area contributed by atoms with Crippen molar-refractivity contribution in [3.63, 3.8) is 0 Å². The van der Waals surface area contributed by atoms with Crippen molar-refractivity contribution in [1.29, 1.82) is 0 Å². The number of ether oxygens (including phenoxy) is 9. The molecule has 1 N–H and O–H groups in total. The Kier molecular flexibility index (Phi) is 16.3. The molecule has 4 fully saturated rings. The van der Waals surface area contributed by atoms with E-state index in [0.29, 0.717) is 6.42 Å². The maximum absolute atomic E-state index is 14.4. The van der Waals surface area contributed by atoms with Gasteiger partial charge in [-0.1, -0.05) is 41.5 Å². The van der Waals surface area contributed by atoms with Crippen molar-refractivity contribution >= 4 is 23.7 Å². The molecule has 15 heteroatoms. The minimum atomic E-state index is -1.16. The fourth-order valence-electron chi connectivity index (χ4n) is 8.72. The number of esters is 3. The van der Waals surface area contributed by atoms with E-state index in [1.807, 2.05) is 39.8 Å². The van der Waals surface area contributed by atoms with E-state index in [4.69, 9.17) is 42.6 Å². The highest BCUT2D eigenvalue weighted by Crippen LogP contribution is 2.44. The molecule has 4 saturated heterocycles. The van der Waals surface area contributed by atoms with Gasteiger partial charge in [-0.3, -0.25) is 19.2 Å². The van der Waals surface area contributed by atoms with E-state index in [-0.39, 0.29) is 56.2 Å². The zero-order valence-corrected chi connectivity index (χ0v) is 35.8. The molecule has 0 aromatic rings. The Hall–Kier alpha value is -2.24. The average Bonchev–Trinajstić information content (AvgIpc) is 3.94. The average molecular weight is 800 g/mol. The molecule has 322 valence electrons. The number of aliphatic hydroxyl groups is 1. The van der Waals surface area contributed by atoms with E-state index in [2.05, 4.69) is 0 Å². The summed E-state index contributed by atoms with van der Waals surface area (Å²) in [6, 6.07) is -0.251. The lowest BCUT2D eigenvalue weighted by Crippen LogP contribution is -2.57. The molecular weight excluding hydrogens is 730 g/mol. The molecule has 0 saturated carbocycles. The fraction of sp³-hybridized carbons (Fsp3) is 0.902. The van der Waals surface area contributed by atoms with Gasteiger partial charge < -0.3 is 52.6 Å². The molecule has 0 aliphatic carbocycles. The Morgan fingerprint density at radius 3 is 1.96 bits per heavy atom. The molecule has 0 bridgehead atoms. The number of carbonyl (C=O) groups is 4. The highest BCUT2D eigenvalue weighted by Gasteiger charge is 2.58. The summed E-state index contributed by atoms with van der Waals surface area (Å²) in [5.41, 5.74) is -1.16. The number of likely N-dealkylation sites (N-methyl/N-ethyl adjacent to an activating group) is 1. The van der Waals surface area contributed by atoms with E-state index >= 15 is 0 Å². The second-order valence-electron chi connectivity index (χ2n) is 16.9. The quantitative estimate of drug-likeness (QED) is 0.191. The van der Waals surface area contributed by atoms with Crippen LogP contribution in [-0.4, -0.2) is 141 Å². The molecule has 0 amide bonds. The number of methoxy groups -OCH3 is 1. The molecule has 1 spiro atoms. The maximum Gasteiger partial charge on any atom is 0.311 e. The van der Waals surface area contributed by atoms with Crippen molar-refractivity contribution in [3.8, 4) is 0 Å². The van der Waals surface area contributed by atoms with E-state index < -0.39 is 109 Å². The summed E-state index contributed by atoms with van der Waals surface area (Å²) >= 11 is 0. The van der Waals surface area contributed by atoms with Crippen LogP contribution in [0.1, 0.15) is 101 Å². The number of rotatable bonds is 10. The summed E-state index contributed by atoms with van der Waals surface area (Å²) in [6.07, 6.45) is -6.94. The number of hydrogen-bond acceptors (Lipinski definition) is 15. The van der Waals surface area contributed by atoms with Crippen molar-refractivity contribution in [2.45, 2.75) is 181 Å². The molecule has 4 aliphatic rings. The van der Waals surface area contributed by atoms with Crippen LogP contribution in [0.25, 0.3) is 0 Å². The van der Waals surface area contributed by atoms with Crippen molar-refractivity contribution in [3.05, 3.63) is 0 Å². The summed E-state index contributed by atoms with van der Waals surface area (Å²) < 4.78 is 55.7. The fourth-order valence-corrected chi connectivity index (χ4v) is 8.72. The van der Waals surface area contributed by atoms with Gasteiger partial charge in [-0.15, -0.1) is 0 Å². The zero-order valence-electron chi connectivity index (χ0n) is 35.8. The standard InChI is InChI=1S/C41H69NO14/c1-14-30(43)53-35-22(5)26(9)52-39(47)25(8)36(55-32-17-29(48-13)37(27(10)51-32)54-31(44)15-2)23(6)34(20(3)18-41(19-49-41)38(46)24(35)7)56-40-33(45)28(42(11)12)16-21(4)50-40/h20-29,32-37,40,45H,14-19H2,1-13H3/t20-,21+,22-,23+,24+,25-,26+,27-,28-,29-,32-,33+,34-,35-,36?,37-,40-,41+/m0/s1. The Balaban J connectivity index is 1.77. The molecule has 0 aromatic carbocycles. The predicted molar refractivity (Wildman–Crippen MR) is 202 cm³/mol. The lowest BCUT2D eigenvalue weighted by molar-refractivity contribution is -0.299. The van der Waals surface area contributed by atoms with Gasteiger partial charge >= 0.3 is 17.9 Å². The third-order valence-corrected chi connectivity index (χ3v) is 12.4. The third-order valence-electron chi connectivity index (χ3n) is 12.4. The number of Topliss-reactive ketones (excluding diaryl/α,β-unsaturated/α-hetero) is 1. The molecule has 18 atom stereocenters. The van der Waals surface area contributed by atoms with Gasteiger partial charge in [0.25, 0.3) is 0 Å². The van der Waals surface area contributed by atoms with E-state index in [0.717, 1.165) is 0 Å². The third kappa shape index (κ3) is 10.7. The van der Waals surface area contributed by atoms with Gasteiger partial charge in [0.2, 0.25) is 0 Å². The second kappa shape index (κ2) is 19.7. The molecule has 56 heavy (non-hydrogen) atoms. The van der Waals surface area contributed by atoms with Gasteiger partial charge in [0, 0.05) is 44.2 Å². The number of hydrogen-bond donors (Lipinski definition) is 1. The van der Waals surface area contributed by atoms with Crippen LogP contribution in [0.4, 0.5) is 0 Å². The van der Waals surface area contributed by atoms with Crippen LogP contribution in [0, 0.1) is 29.6 Å². The molecule has 1 unspecified atom stereocenters. The normalized spacial score (nSPS) is 44.2. The van der Waals surface area contributed by atoms with Crippen molar-refractivity contribution in [2.75, 3.05) is 27.8 Å². The summed E-state index contributed by atoms with van der Waals surface area (Å²) in [7, 11) is 5.32. The van der Waals surface area contributed by atoms with Gasteiger partial charge in [0.15, 0.2) is 30.1 Å². The summed E-state index contributed by atoms with van der Waals surface area (Å²) in [5.74, 6) is -4.81. The first-order chi connectivity index (χ1) is 26.3. The molecule has 4 aliphatic heterocycles. The smallest absolute Gasteiger partial charge is 0.311 e. The number of cyclic esters (lactones) is 1. The lowest BCUT2D eigenvalue weighted by Gasteiger charge is -2.46. The topological polar surface area (TPSA) is 178 Å². The minimum absolute atomic E-state index is 0.111. The van der Waals surface area contributed by atoms with Crippen LogP contribution in [0.15, 0.2) is 0 Å². The van der Waals surface area contributed by atoms with Gasteiger partial charge in [-0.25, -0.2) is 0 Å². The molecule has 0 radical (unpaired) electrons. The van der Waals surface area contributed by atoms with Crippen LogP contribution >= 0.6 is 0 Å². The van der Waals surface area contributed by atoms with Crippen LogP contribution in [-0.2, 0) is 61.8 Å². The highest BCUT2D eigenvalue weighted by molar-refractivity contribution is 5.92. The molecule has 15 nitrogen and oxygen atoms in total. The van der Waals surface area contributed by atoms with E-state index in [9.17, 15) is 24.3 Å². The second-order valence-corrected chi connectivity index (χ2v) is 16.9. The van der Waals surface area contributed by atoms with Gasteiger partial charge in [0.05, 0.1) is 42.9 Å². The van der Waals surface area contributed by atoms with Crippen molar-refractivity contribution in [2.24, 2.45) is 29.6 Å². The number of epoxide rings is 1. The SMILES string of the molecule is CCC(=O)O[C@H]1[C@H](C)O[C@@H](OC2[C@H](C)C(=O)O[C@H](C)[C@H](C)[C@H](OC(=O)CC)[C@@H](C)C(=O)[C@]3(CO3)C[C@H](C)[C@H](O[C@@H]3O[C@H](C)C[C@H](N(C)C)[C@H]3O)[C@H]2C)C[C@@H]1OC. The van der Waals surface area contributed by atoms with Gasteiger partial charge in [-0.05, 0) is 60.5 Å². The van der Waals surface area contributed by atoms with Crippen molar-refractivity contribution in [1.82, 2.24) is 4.90 Å². The zero-order chi connectivity index (χ0) is 41.8. The molecule has 4 rings (SSSR count). The Morgan fingerprint density at radius 1 is 0.804 bits per heavy atom. The van der Waals surface area contributed by atoms with E-state index in [1.54, 1.807) is 48.5 Å². The monoisotopic (exact) mass is 799 g/mol. The first-order valence-corrected chi connectivity index (χ1v) is 20.6. The van der Waals surface area contributed by atoms with Crippen LogP contribution in [0.2, 0.25) is 0 Å². The van der Waals surface area contributed by atoms with Crippen LogP contribution in [0.5, 0.6) is 0 Å². The summed E-state index contributed by atoms with van der Waals surface area (Å²) in [5, 5.41) is 11.6. The summed E-state index contributed by atoms with van der Waals surface area (Å²) in [4.78, 5) is 55.5. The largest absolute Gasteiger partial charge is 0.462 e. The highest BCUT2D eigenvalue weighted by atomic mass is 16.7. The van der Waals surface area contributed by atoms with E-state index in [1.165, 1.54) is 7.11 Å². The number of carbonyl (C=O) groups excluding carboxylic acids is 4. The first-order valence-electron chi connectivity index (χ1n) is 20.6. The predicted octanol–water partition coefficient (Wildman–Crippen LogP) is 3.83. The van der Waals surface area contributed by atoms with Crippen LogP contribution in [0.3, 0.4) is 0 Å². The summed E-state index contributed by atoms with van der Waals surface area (Å²) in [6.45, 7) is 18.1. The Morgan fingerprint density at radius 2 is 1.41 bits per heavy atom. The first kappa shape index (κ1) is 46.4. The minimum Gasteiger partial charge on any atom is -0.462 e. The lowest BCUT2D eigenvalue weighted by atomic mass is 9.76. The van der Waals surface area contributed by atoms with Gasteiger partial charge in [-0.2, -0.15) is 0 Å². The molecule has 0 aromatic heterocycles. The number of ketones is 1. The van der Waals surface area contributed by atoms with Crippen LogP contribution < -0.4 is 0 Å². The Bertz CT molecular complexity index is 1340. The number of aliphatic hydroxyl groups excluding tert-OH is 1. The molecular formula is C41H69NO14.